The first-order chi connectivity index (χ1) is 13.1. The number of aromatic nitrogens is 3. The summed E-state index contributed by atoms with van der Waals surface area (Å²) in [6.07, 6.45) is 3.10. The summed E-state index contributed by atoms with van der Waals surface area (Å²) >= 11 is 6.21. The van der Waals surface area contributed by atoms with Gasteiger partial charge in [-0.3, -0.25) is 9.59 Å². The predicted molar refractivity (Wildman–Crippen MR) is 99.1 cm³/mol. The van der Waals surface area contributed by atoms with Crippen LogP contribution in [0.1, 0.15) is 15.9 Å². The molecule has 2 N–H and O–H groups in total. The average molecular weight is 384 g/mol. The van der Waals surface area contributed by atoms with E-state index < -0.39 is 0 Å². The molecule has 2 amide bonds. The lowest BCUT2D eigenvalue weighted by Gasteiger charge is -2.19. The molecule has 27 heavy (non-hydrogen) atoms. The molecular formula is C18H14ClN5O3. The Balaban J connectivity index is 1.48. The zero-order chi connectivity index (χ0) is 18.8. The molecular weight excluding hydrogens is 370 g/mol. The standard InChI is InChI=1S/C18H14ClN5O3/c19-13-5-15-16(27-8-17(25)22-15)6-14(13)23-18(26)12-3-1-11(2-4-12)7-24-10-20-9-21-24/h1-6,9-10H,7-8H2,(H,22,25)(H,23,26). The molecule has 1 aliphatic heterocycles. The Hall–Kier alpha value is -3.39. The first-order valence-electron chi connectivity index (χ1n) is 8.07. The minimum absolute atomic E-state index is 0.0742. The summed E-state index contributed by atoms with van der Waals surface area (Å²) in [6, 6.07) is 10.3. The van der Waals surface area contributed by atoms with Crippen LogP contribution in [0.4, 0.5) is 11.4 Å². The van der Waals surface area contributed by atoms with E-state index in [1.165, 1.54) is 6.33 Å². The van der Waals surface area contributed by atoms with Crippen molar-refractivity contribution in [2.45, 2.75) is 6.54 Å². The van der Waals surface area contributed by atoms with Gasteiger partial charge in [-0.1, -0.05) is 23.7 Å². The maximum atomic E-state index is 12.5. The van der Waals surface area contributed by atoms with E-state index in [0.29, 0.717) is 34.3 Å². The van der Waals surface area contributed by atoms with E-state index >= 15 is 0 Å². The number of nitrogens with zero attached hydrogens (tertiary/aromatic N) is 3. The number of amides is 2. The van der Waals surface area contributed by atoms with Crippen LogP contribution >= 0.6 is 11.6 Å². The molecule has 8 nitrogen and oxygen atoms in total. The van der Waals surface area contributed by atoms with Crippen molar-refractivity contribution in [2.24, 2.45) is 0 Å². The number of benzene rings is 2. The van der Waals surface area contributed by atoms with Crippen LogP contribution in [0.3, 0.4) is 0 Å². The molecule has 0 unspecified atom stereocenters. The van der Waals surface area contributed by atoms with Crippen molar-refractivity contribution in [1.82, 2.24) is 14.8 Å². The third-order valence-corrected chi connectivity index (χ3v) is 4.29. The van der Waals surface area contributed by atoms with Crippen molar-refractivity contribution in [3.05, 3.63) is 65.2 Å². The first-order valence-corrected chi connectivity index (χ1v) is 8.45. The molecule has 2 heterocycles. The summed E-state index contributed by atoms with van der Waals surface area (Å²) < 4.78 is 7.04. The van der Waals surface area contributed by atoms with Crippen LogP contribution in [0.15, 0.2) is 49.1 Å². The molecule has 0 spiro atoms. The first kappa shape index (κ1) is 17.0. The van der Waals surface area contributed by atoms with Crippen molar-refractivity contribution in [3.63, 3.8) is 0 Å². The second-order valence-corrected chi connectivity index (χ2v) is 6.32. The lowest BCUT2D eigenvalue weighted by atomic mass is 10.1. The second-order valence-electron chi connectivity index (χ2n) is 5.91. The molecule has 0 saturated carbocycles. The summed E-state index contributed by atoms with van der Waals surface area (Å²) in [7, 11) is 0. The summed E-state index contributed by atoms with van der Waals surface area (Å²) in [6.45, 7) is 0.497. The molecule has 2 aromatic carbocycles. The summed E-state index contributed by atoms with van der Waals surface area (Å²) in [4.78, 5) is 27.8. The lowest BCUT2D eigenvalue weighted by molar-refractivity contribution is -0.118. The highest BCUT2D eigenvalue weighted by Gasteiger charge is 2.19. The maximum absolute atomic E-state index is 12.5. The van der Waals surface area contributed by atoms with Crippen LogP contribution < -0.4 is 15.4 Å². The van der Waals surface area contributed by atoms with Crippen molar-refractivity contribution in [3.8, 4) is 5.75 Å². The molecule has 9 heteroatoms. The SMILES string of the molecule is O=C1COc2cc(NC(=O)c3ccc(Cn4cncn4)cc3)c(Cl)cc2N1. The van der Waals surface area contributed by atoms with Gasteiger partial charge in [-0.05, 0) is 23.8 Å². The second kappa shape index (κ2) is 7.08. The highest BCUT2D eigenvalue weighted by atomic mass is 35.5. The number of hydrogen-bond donors (Lipinski definition) is 2. The molecule has 136 valence electrons. The minimum atomic E-state index is -0.302. The third kappa shape index (κ3) is 3.75. The van der Waals surface area contributed by atoms with Crippen LogP contribution in [-0.4, -0.2) is 33.2 Å². The zero-order valence-corrected chi connectivity index (χ0v) is 14.7. The Bertz CT molecular complexity index is 1000. The van der Waals surface area contributed by atoms with Crippen LogP contribution in [0.25, 0.3) is 0 Å². The fraction of sp³-hybridized carbons (Fsp3) is 0.111. The number of rotatable bonds is 4. The normalized spacial score (nSPS) is 12.7. The van der Waals surface area contributed by atoms with Crippen LogP contribution in [0, 0.1) is 0 Å². The number of nitrogens with one attached hydrogen (secondary N) is 2. The van der Waals surface area contributed by atoms with Crippen LogP contribution in [-0.2, 0) is 11.3 Å². The Morgan fingerprint density at radius 3 is 2.85 bits per heavy atom. The topological polar surface area (TPSA) is 98.1 Å². The number of carbonyl (C=O) groups is 2. The number of ether oxygens (including phenoxy) is 1. The Labute approximate surface area is 159 Å². The Morgan fingerprint density at radius 1 is 1.30 bits per heavy atom. The molecule has 0 fully saturated rings. The number of fused-ring (bicyclic) bond motifs is 1. The molecule has 3 aromatic rings. The van der Waals surface area contributed by atoms with Gasteiger partial charge in [0.15, 0.2) is 6.61 Å². The molecule has 0 saturated heterocycles. The minimum Gasteiger partial charge on any atom is -0.482 e. The smallest absolute Gasteiger partial charge is 0.262 e. The number of halogens is 1. The highest BCUT2D eigenvalue weighted by Crippen LogP contribution is 2.36. The molecule has 1 aliphatic rings. The molecule has 0 bridgehead atoms. The quantitative estimate of drug-likeness (QED) is 0.721. The fourth-order valence-electron chi connectivity index (χ4n) is 2.65. The van der Waals surface area contributed by atoms with Crippen molar-refractivity contribution >= 4 is 34.8 Å². The fourth-order valence-corrected chi connectivity index (χ4v) is 2.86. The molecule has 0 atom stereocenters. The van der Waals surface area contributed by atoms with Crippen molar-refractivity contribution < 1.29 is 14.3 Å². The summed E-state index contributed by atoms with van der Waals surface area (Å²) in [5.74, 6) is -0.0946. The van der Waals surface area contributed by atoms with Crippen LogP contribution in [0.5, 0.6) is 5.75 Å². The van der Waals surface area contributed by atoms with Crippen molar-refractivity contribution in [2.75, 3.05) is 17.2 Å². The van der Waals surface area contributed by atoms with E-state index in [0.717, 1.165) is 5.56 Å². The van der Waals surface area contributed by atoms with Gasteiger partial charge in [0.2, 0.25) is 0 Å². The van der Waals surface area contributed by atoms with E-state index in [1.807, 2.05) is 12.1 Å². The molecule has 0 aliphatic carbocycles. The van der Waals surface area contributed by atoms with Gasteiger partial charge >= 0.3 is 0 Å². The number of anilines is 2. The molecule has 0 radical (unpaired) electrons. The van der Waals surface area contributed by atoms with E-state index in [2.05, 4.69) is 20.7 Å². The highest BCUT2D eigenvalue weighted by molar-refractivity contribution is 6.34. The van der Waals surface area contributed by atoms with E-state index in [4.69, 9.17) is 16.3 Å². The van der Waals surface area contributed by atoms with Gasteiger partial charge in [0, 0.05) is 11.6 Å². The van der Waals surface area contributed by atoms with Gasteiger partial charge in [-0.25, -0.2) is 9.67 Å². The largest absolute Gasteiger partial charge is 0.482 e. The predicted octanol–water partition coefficient (Wildman–Crippen LogP) is 2.56. The van der Waals surface area contributed by atoms with Gasteiger partial charge < -0.3 is 15.4 Å². The zero-order valence-electron chi connectivity index (χ0n) is 14.0. The Kier molecular flexibility index (Phi) is 4.47. The summed E-state index contributed by atoms with van der Waals surface area (Å²) in [5, 5.41) is 9.78. The molecule has 1 aromatic heterocycles. The number of hydrogen-bond acceptors (Lipinski definition) is 5. The van der Waals surface area contributed by atoms with E-state index in [1.54, 1.807) is 35.3 Å². The van der Waals surface area contributed by atoms with Gasteiger partial charge in [-0.2, -0.15) is 5.10 Å². The number of carbonyl (C=O) groups excluding carboxylic acids is 2. The Morgan fingerprint density at radius 2 is 2.11 bits per heavy atom. The average Bonchev–Trinajstić information content (AvgIpc) is 3.16. The lowest BCUT2D eigenvalue weighted by Crippen LogP contribution is -2.25. The molecule has 4 rings (SSSR count). The third-order valence-electron chi connectivity index (χ3n) is 3.98. The summed E-state index contributed by atoms with van der Waals surface area (Å²) in [5.41, 5.74) is 2.36. The van der Waals surface area contributed by atoms with Crippen LogP contribution in [0.2, 0.25) is 5.02 Å². The van der Waals surface area contributed by atoms with Gasteiger partial charge in [-0.15, -0.1) is 0 Å². The van der Waals surface area contributed by atoms with E-state index in [9.17, 15) is 9.59 Å². The van der Waals surface area contributed by atoms with Gasteiger partial charge in [0.1, 0.15) is 18.4 Å². The van der Waals surface area contributed by atoms with Crippen molar-refractivity contribution in [1.29, 1.82) is 0 Å². The van der Waals surface area contributed by atoms with Gasteiger partial charge in [0.25, 0.3) is 11.8 Å². The monoisotopic (exact) mass is 383 g/mol. The maximum Gasteiger partial charge on any atom is 0.262 e. The van der Waals surface area contributed by atoms with E-state index in [-0.39, 0.29) is 18.4 Å². The van der Waals surface area contributed by atoms with Gasteiger partial charge in [0.05, 0.1) is 22.9 Å².